The summed E-state index contributed by atoms with van der Waals surface area (Å²) in [6.07, 6.45) is 1.71. The van der Waals surface area contributed by atoms with Crippen LogP contribution in [0.2, 0.25) is 0 Å². The molecule has 0 amide bonds. The number of nitrogens with zero attached hydrogens (tertiary/aromatic N) is 3. The number of nitrogens with two attached hydrogens (primary N) is 1. The lowest BCUT2D eigenvalue weighted by atomic mass is 9.99. The largest absolute Gasteiger partial charge is 0.382 e. The highest BCUT2D eigenvalue weighted by Gasteiger charge is 2.15. The predicted octanol–water partition coefficient (Wildman–Crippen LogP) is 3.23. The number of halogens is 1. The lowest BCUT2D eigenvalue weighted by Crippen LogP contribution is -2.16. The Bertz CT molecular complexity index is 1330. The third kappa shape index (κ3) is 3.56. The van der Waals surface area contributed by atoms with Gasteiger partial charge in [0.15, 0.2) is 5.43 Å². The van der Waals surface area contributed by atoms with E-state index in [1.54, 1.807) is 6.07 Å². The van der Waals surface area contributed by atoms with Crippen molar-refractivity contribution in [3.05, 3.63) is 82.2 Å². The smallest absolute Gasteiger partial charge is 0.197 e. The monoisotopic (exact) mass is 400 g/mol. The molecule has 0 bridgehead atoms. The molecule has 0 atom stereocenters. The summed E-state index contributed by atoms with van der Waals surface area (Å²) in [5.41, 5.74) is 8.12. The van der Waals surface area contributed by atoms with E-state index in [2.05, 4.69) is 20.3 Å². The zero-order valence-electron chi connectivity index (χ0n) is 15.8. The van der Waals surface area contributed by atoms with Gasteiger partial charge in [-0.25, -0.2) is 14.4 Å². The molecule has 0 radical (unpaired) electrons. The summed E-state index contributed by atoms with van der Waals surface area (Å²) >= 11 is 0. The average molecular weight is 400 g/mol. The van der Waals surface area contributed by atoms with Crippen LogP contribution in [0.15, 0.2) is 59.7 Å². The first-order valence-electron chi connectivity index (χ1n) is 9.22. The number of H-pyrrole nitrogens is 1. The van der Waals surface area contributed by atoms with Crippen LogP contribution in [0.4, 0.5) is 16.0 Å². The SMILES string of the molecule is N#Cc1c(N)ncnc1NCCc1[nH]c2ccc(F)cc2c(=O)c1-c1ccccc1. The van der Waals surface area contributed by atoms with E-state index in [-0.39, 0.29) is 16.8 Å². The number of rotatable bonds is 5. The van der Waals surface area contributed by atoms with Crippen LogP contribution in [0, 0.1) is 17.1 Å². The van der Waals surface area contributed by atoms with E-state index in [1.165, 1.54) is 18.5 Å². The third-order valence-corrected chi connectivity index (χ3v) is 4.76. The zero-order chi connectivity index (χ0) is 21.1. The van der Waals surface area contributed by atoms with Crippen molar-refractivity contribution < 1.29 is 4.39 Å². The number of aromatic amines is 1. The number of pyridine rings is 1. The van der Waals surface area contributed by atoms with Gasteiger partial charge in [-0.05, 0) is 23.8 Å². The van der Waals surface area contributed by atoms with E-state index in [0.717, 1.165) is 5.56 Å². The second-order valence-corrected chi connectivity index (χ2v) is 6.63. The number of aromatic nitrogens is 3. The fraction of sp³-hybridized carbons (Fsp3) is 0.0909. The molecule has 148 valence electrons. The van der Waals surface area contributed by atoms with Crippen LogP contribution < -0.4 is 16.5 Å². The quantitative estimate of drug-likeness (QED) is 0.473. The Balaban J connectivity index is 1.73. The van der Waals surface area contributed by atoms with Crippen molar-refractivity contribution in [1.29, 1.82) is 5.26 Å². The average Bonchev–Trinajstić information content (AvgIpc) is 2.75. The molecule has 2 heterocycles. The number of benzene rings is 2. The van der Waals surface area contributed by atoms with Crippen molar-refractivity contribution in [3.63, 3.8) is 0 Å². The number of hydrogen-bond donors (Lipinski definition) is 3. The Morgan fingerprint density at radius 2 is 1.97 bits per heavy atom. The molecular formula is C22H17FN6O. The Labute approximate surface area is 171 Å². The Hall–Kier alpha value is -4.25. The summed E-state index contributed by atoms with van der Waals surface area (Å²) in [6.45, 7) is 0.383. The van der Waals surface area contributed by atoms with Gasteiger partial charge in [-0.3, -0.25) is 4.79 Å². The standard InChI is InChI=1S/C22H17FN6O/c23-14-6-7-17-15(10-14)20(30)19(13-4-2-1-3-5-13)18(29-17)8-9-26-22-16(11-24)21(25)27-12-28-22/h1-7,10,12H,8-9H2,(H,29,30)(H3,25,26,27,28). The maximum atomic E-state index is 13.7. The topological polar surface area (TPSA) is 120 Å². The fourth-order valence-electron chi connectivity index (χ4n) is 3.36. The van der Waals surface area contributed by atoms with Crippen molar-refractivity contribution in [3.8, 4) is 17.2 Å². The van der Waals surface area contributed by atoms with Crippen molar-refractivity contribution in [2.24, 2.45) is 0 Å². The predicted molar refractivity (Wildman–Crippen MR) is 113 cm³/mol. The van der Waals surface area contributed by atoms with E-state index in [0.29, 0.717) is 40.9 Å². The summed E-state index contributed by atoms with van der Waals surface area (Å²) in [7, 11) is 0. The number of fused-ring (bicyclic) bond motifs is 1. The summed E-state index contributed by atoms with van der Waals surface area (Å²) in [5, 5.41) is 12.6. The molecule has 8 heteroatoms. The summed E-state index contributed by atoms with van der Waals surface area (Å²) in [4.78, 5) is 24.3. The second-order valence-electron chi connectivity index (χ2n) is 6.63. The minimum absolute atomic E-state index is 0.0983. The van der Waals surface area contributed by atoms with Gasteiger partial charge in [-0.15, -0.1) is 0 Å². The number of nitrogen functional groups attached to an aromatic ring is 1. The minimum Gasteiger partial charge on any atom is -0.382 e. The molecule has 0 aliphatic heterocycles. The van der Waals surface area contributed by atoms with Crippen LogP contribution in [0.3, 0.4) is 0 Å². The molecule has 0 fully saturated rings. The molecular weight excluding hydrogens is 383 g/mol. The van der Waals surface area contributed by atoms with E-state index >= 15 is 0 Å². The maximum absolute atomic E-state index is 13.7. The molecule has 2 aromatic heterocycles. The van der Waals surface area contributed by atoms with Crippen molar-refractivity contribution in [2.45, 2.75) is 6.42 Å². The Morgan fingerprint density at radius 1 is 1.17 bits per heavy atom. The Morgan fingerprint density at radius 3 is 2.73 bits per heavy atom. The molecule has 0 saturated heterocycles. The van der Waals surface area contributed by atoms with Crippen molar-refractivity contribution >= 4 is 22.5 Å². The molecule has 4 rings (SSSR count). The van der Waals surface area contributed by atoms with Crippen molar-refractivity contribution in [2.75, 3.05) is 17.6 Å². The first kappa shape index (κ1) is 19.1. The molecule has 2 aromatic carbocycles. The van der Waals surface area contributed by atoms with Gasteiger partial charge >= 0.3 is 0 Å². The first-order valence-corrected chi connectivity index (χ1v) is 9.22. The van der Waals surface area contributed by atoms with Crippen LogP contribution in [-0.4, -0.2) is 21.5 Å². The van der Waals surface area contributed by atoms with Crippen molar-refractivity contribution in [1.82, 2.24) is 15.0 Å². The van der Waals surface area contributed by atoms with Gasteiger partial charge in [-0.1, -0.05) is 30.3 Å². The second kappa shape index (κ2) is 8.01. The van der Waals surface area contributed by atoms with Crippen LogP contribution in [-0.2, 0) is 6.42 Å². The highest BCUT2D eigenvalue weighted by atomic mass is 19.1. The number of hydrogen-bond acceptors (Lipinski definition) is 6. The lowest BCUT2D eigenvalue weighted by molar-refractivity contribution is 0.629. The molecule has 0 spiro atoms. The van der Waals surface area contributed by atoms with E-state index in [1.807, 2.05) is 36.4 Å². The van der Waals surface area contributed by atoms with Gasteiger partial charge in [0.25, 0.3) is 0 Å². The van der Waals surface area contributed by atoms with Gasteiger partial charge in [-0.2, -0.15) is 5.26 Å². The molecule has 0 saturated carbocycles. The molecule has 0 aliphatic carbocycles. The molecule has 0 unspecified atom stereocenters. The number of nitrogens with one attached hydrogen (secondary N) is 2. The molecule has 0 aliphatic rings. The molecule has 4 N–H and O–H groups in total. The first-order chi connectivity index (χ1) is 14.6. The number of anilines is 2. The molecule has 7 nitrogen and oxygen atoms in total. The zero-order valence-corrected chi connectivity index (χ0v) is 15.8. The number of nitriles is 1. The highest BCUT2D eigenvalue weighted by molar-refractivity contribution is 5.85. The summed E-state index contributed by atoms with van der Waals surface area (Å²) in [5.74, 6) is -0.0376. The normalized spacial score (nSPS) is 10.7. The maximum Gasteiger partial charge on any atom is 0.197 e. The Kier molecular flexibility index (Phi) is 5.09. The fourth-order valence-corrected chi connectivity index (χ4v) is 3.36. The highest BCUT2D eigenvalue weighted by Crippen LogP contribution is 2.23. The van der Waals surface area contributed by atoms with E-state index in [4.69, 9.17) is 5.73 Å². The van der Waals surface area contributed by atoms with Gasteiger partial charge in [0.2, 0.25) is 0 Å². The van der Waals surface area contributed by atoms with Crippen LogP contribution in [0.25, 0.3) is 22.0 Å². The summed E-state index contributed by atoms with van der Waals surface area (Å²) < 4.78 is 13.7. The van der Waals surface area contributed by atoms with Crippen LogP contribution >= 0.6 is 0 Å². The van der Waals surface area contributed by atoms with Gasteiger partial charge in [0.05, 0.1) is 0 Å². The lowest BCUT2D eigenvalue weighted by Gasteiger charge is -2.13. The van der Waals surface area contributed by atoms with E-state index in [9.17, 15) is 14.4 Å². The summed E-state index contributed by atoms with van der Waals surface area (Å²) in [6, 6.07) is 15.3. The van der Waals surface area contributed by atoms with Crippen LogP contribution in [0.5, 0.6) is 0 Å². The third-order valence-electron chi connectivity index (χ3n) is 4.76. The minimum atomic E-state index is -0.466. The van der Waals surface area contributed by atoms with E-state index < -0.39 is 5.82 Å². The van der Waals surface area contributed by atoms with Crippen LogP contribution in [0.1, 0.15) is 11.3 Å². The van der Waals surface area contributed by atoms with Gasteiger partial charge in [0, 0.05) is 35.1 Å². The van der Waals surface area contributed by atoms with Gasteiger partial charge in [0.1, 0.15) is 35.4 Å². The molecule has 4 aromatic rings. The molecule has 30 heavy (non-hydrogen) atoms. The van der Waals surface area contributed by atoms with Gasteiger partial charge < -0.3 is 16.0 Å².